The second-order valence-electron chi connectivity index (χ2n) is 9.17. The zero-order valence-corrected chi connectivity index (χ0v) is 19.6. The van der Waals surface area contributed by atoms with Crippen LogP contribution in [0.2, 0.25) is 0 Å². The Morgan fingerprint density at radius 1 is 1.09 bits per heavy atom. The zero-order valence-electron chi connectivity index (χ0n) is 19.6. The monoisotopic (exact) mass is 461 g/mol. The average molecular weight is 462 g/mol. The molecule has 1 fully saturated rings. The molecule has 5 rings (SSSR count). The fourth-order valence-electron chi connectivity index (χ4n) is 5.44. The minimum absolute atomic E-state index is 0.0944. The van der Waals surface area contributed by atoms with E-state index in [9.17, 15) is 14.7 Å². The number of carbonyl (C=O) groups excluding carboxylic acids is 2. The van der Waals surface area contributed by atoms with Gasteiger partial charge in [0.2, 0.25) is 0 Å². The minimum Gasteiger partial charge on any atom is -0.465 e. The summed E-state index contributed by atoms with van der Waals surface area (Å²) in [6.07, 6.45) is 2.94. The molecule has 178 valence electrons. The van der Waals surface area contributed by atoms with Crippen LogP contribution < -0.4 is 0 Å². The van der Waals surface area contributed by atoms with Crippen molar-refractivity contribution < 1.29 is 19.4 Å². The van der Waals surface area contributed by atoms with Gasteiger partial charge < -0.3 is 19.3 Å². The lowest BCUT2D eigenvalue weighted by atomic mass is 10.0. The van der Waals surface area contributed by atoms with Gasteiger partial charge in [-0.3, -0.25) is 9.69 Å². The number of aromatic nitrogens is 1. The number of ether oxygens (including phenoxy) is 1. The molecule has 0 radical (unpaired) electrons. The first-order valence-electron chi connectivity index (χ1n) is 12.0. The van der Waals surface area contributed by atoms with Crippen molar-refractivity contribution in [2.75, 3.05) is 39.9 Å². The summed E-state index contributed by atoms with van der Waals surface area (Å²) in [7, 11) is 1.38. The van der Waals surface area contributed by atoms with E-state index in [2.05, 4.69) is 15.5 Å². The molecule has 2 aliphatic rings. The second kappa shape index (κ2) is 9.60. The quantitative estimate of drug-likeness (QED) is 0.548. The van der Waals surface area contributed by atoms with Crippen LogP contribution in [-0.2, 0) is 17.7 Å². The predicted octanol–water partition coefficient (Wildman–Crippen LogP) is 2.93. The number of hydrogen-bond acceptors (Lipinski definition) is 5. The second-order valence-corrected chi connectivity index (χ2v) is 9.17. The number of benzene rings is 2. The van der Waals surface area contributed by atoms with Gasteiger partial charge in [-0.15, -0.1) is 0 Å². The molecule has 0 bridgehead atoms. The molecule has 0 spiro atoms. The SMILES string of the molecule is COC(=O)c1ccc(Cn2c3c(c4ccccc42)C(=O)N(CCN2CCCC2CO)CC3)cc1. The first kappa shape index (κ1) is 22.6. The molecular formula is C27H31N3O4. The number of methoxy groups -OCH3 is 1. The first-order valence-corrected chi connectivity index (χ1v) is 12.0. The molecule has 3 aromatic rings. The lowest BCUT2D eigenvalue weighted by Gasteiger charge is -2.31. The lowest BCUT2D eigenvalue weighted by molar-refractivity contribution is 0.0600. The smallest absolute Gasteiger partial charge is 0.337 e. The molecule has 1 N–H and O–H groups in total. The van der Waals surface area contributed by atoms with Crippen LogP contribution in [0.1, 0.15) is 44.8 Å². The number of likely N-dealkylation sites (tertiary alicyclic amines) is 1. The minimum atomic E-state index is -0.347. The summed E-state index contributed by atoms with van der Waals surface area (Å²) in [6, 6.07) is 15.8. The molecule has 1 amide bonds. The standard InChI is InChI=1S/C27H31N3O4/c1-34-27(33)20-10-8-19(9-11-20)17-30-23-7-3-2-6-22(23)25-24(30)12-14-29(26(25)32)16-15-28-13-4-5-21(28)18-31/h2-3,6-11,21,31H,4-5,12-18H2,1H3. The Morgan fingerprint density at radius 2 is 1.88 bits per heavy atom. The van der Waals surface area contributed by atoms with E-state index in [1.807, 2.05) is 35.2 Å². The molecule has 1 atom stereocenters. The number of rotatable bonds is 7. The summed E-state index contributed by atoms with van der Waals surface area (Å²) in [5, 5.41) is 10.6. The van der Waals surface area contributed by atoms with Crippen molar-refractivity contribution in [3.8, 4) is 0 Å². The van der Waals surface area contributed by atoms with E-state index in [1.54, 1.807) is 12.1 Å². The number of aliphatic hydroxyl groups is 1. The van der Waals surface area contributed by atoms with Crippen LogP contribution in [0.4, 0.5) is 0 Å². The van der Waals surface area contributed by atoms with Crippen LogP contribution in [0.3, 0.4) is 0 Å². The number of fused-ring (bicyclic) bond motifs is 3. The third-order valence-electron chi connectivity index (χ3n) is 7.28. The van der Waals surface area contributed by atoms with E-state index in [0.29, 0.717) is 25.2 Å². The van der Waals surface area contributed by atoms with Gasteiger partial charge in [-0.1, -0.05) is 30.3 Å². The number of esters is 1. The third-order valence-corrected chi connectivity index (χ3v) is 7.28. The average Bonchev–Trinajstić information content (AvgIpc) is 3.46. The Morgan fingerprint density at radius 3 is 2.65 bits per heavy atom. The molecule has 2 aliphatic heterocycles. The largest absolute Gasteiger partial charge is 0.465 e. The number of amides is 1. The number of aliphatic hydroxyl groups excluding tert-OH is 1. The highest BCUT2D eigenvalue weighted by molar-refractivity contribution is 6.09. The van der Waals surface area contributed by atoms with E-state index in [-0.39, 0.29) is 24.5 Å². The molecule has 3 heterocycles. The lowest BCUT2D eigenvalue weighted by Crippen LogP contribution is -2.44. The number of carbonyl (C=O) groups is 2. The van der Waals surface area contributed by atoms with Gasteiger partial charge in [0.05, 0.1) is 24.8 Å². The van der Waals surface area contributed by atoms with Gasteiger partial charge in [0, 0.05) is 55.2 Å². The van der Waals surface area contributed by atoms with Crippen molar-refractivity contribution in [2.24, 2.45) is 0 Å². The third kappa shape index (κ3) is 4.10. The van der Waals surface area contributed by atoms with Gasteiger partial charge >= 0.3 is 5.97 Å². The van der Waals surface area contributed by atoms with Crippen molar-refractivity contribution in [3.63, 3.8) is 0 Å². The van der Waals surface area contributed by atoms with Crippen LogP contribution in [0, 0.1) is 0 Å². The highest BCUT2D eigenvalue weighted by atomic mass is 16.5. The number of hydrogen-bond donors (Lipinski definition) is 1. The Kier molecular flexibility index (Phi) is 6.39. The van der Waals surface area contributed by atoms with Gasteiger partial charge in [0.25, 0.3) is 5.91 Å². The molecule has 1 saturated heterocycles. The van der Waals surface area contributed by atoms with E-state index < -0.39 is 0 Å². The topological polar surface area (TPSA) is 75.0 Å². The molecule has 0 aliphatic carbocycles. The van der Waals surface area contributed by atoms with Gasteiger partial charge in [-0.2, -0.15) is 0 Å². The summed E-state index contributed by atoms with van der Waals surface area (Å²) >= 11 is 0. The zero-order chi connectivity index (χ0) is 23.7. The van der Waals surface area contributed by atoms with Crippen molar-refractivity contribution in [1.29, 1.82) is 0 Å². The van der Waals surface area contributed by atoms with E-state index in [1.165, 1.54) is 7.11 Å². The van der Waals surface area contributed by atoms with Gasteiger partial charge in [-0.25, -0.2) is 4.79 Å². The molecule has 7 nitrogen and oxygen atoms in total. The Balaban J connectivity index is 1.40. The van der Waals surface area contributed by atoms with Gasteiger partial charge in [0.15, 0.2) is 0 Å². The summed E-state index contributed by atoms with van der Waals surface area (Å²) in [4.78, 5) is 29.6. The van der Waals surface area contributed by atoms with Crippen LogP contribution in [0.25, 0.3) is 10.9 Å². The molecular weight excluding hydrogens is 430 g/mol. The Labute approximate surface area is 199 Å². The highest BCUT2D eigenvalue weighted by Gasteiger charge is 2.32. The van der Waals surface area contributed by atoms with Crippen LogP contribution in [-0.4, -0.2) is 77.3 Å². The molecule has 7 heteroatoms. The number of para-hydroxylation sites is 1. The summed E-state index contributed by atoms with van der Waals surface area (Å²) in [5.74, 6) is -0.253. The number of nitrogens with zero attached hydrogens (tertiary/aromatic N) is 3. The first-order chi connectivity index (χ1) is 16.6. The fourth-order valence-corrected chi connectivity index (χ4v) is 5.44. The maximum Gasteiger partial charge on any atom is 0.337 e. The maximum absolute atomic E-state index is 13.6. The van der Waals surface area contributed by atoms with Crippen molar-refractivity contribution in [3.05, 3.63) is 70.9 Å². The van der Waals surface area contributed by atoms with Crippen LogP contribution in [0.15, 0.2) is 48.5 Å². The Bertz CT molecular complexity index is 1200. The summed E-state index contributed by atoms with van der Waals surface area (Å²) in [5.41, 5.74) is 4.54. The highest BCUT2D eigenvalue weighted by Crippen LogP contribution is 2.32. The van der Waals surface area contributed by atoms with Gasteiger partial charge in [0.1, 0.15) is 0 Å². The van der Waals surface area contributed by atoms with Crippen molar-refractivity contribution >= 4 is 22.8 Å². The van der Waals surface area contributed by atoms with E-state index in [4.69, 9.17) is 4.74 Å². The van der Waals surface area contributed by atoms with Crippen molar-refractivity contribution in [1.82, 2.24) is 14.4 Å². The van der Waals surface area contributed by atoms with Crippen molar-refractivity contribution in [2.45, 2.75) is 31.8 Å². The van der Waals surface area contributed by atoms with Crippen LogP contribution >= 0.6 is 0 Å². The fraction of sp³-hybridized carbons (Fsp3) is 0.407. The molecule has 34 heavy (non-hydrogen) atoms. The van der Waals surface area contributed by atoms with Gasteiger partial charge in [-0.05, 0) is 43.1 Å². The Hall–Kier alpha value is -3.16. The molecule has 1 unspecified atom stereocenters. The molecule has 2 aromatic carbocycles. The summed E-state index contributed by atoms with van der Waals surface area (Å²) in [6.45, 7) is 4.00. The molecule has 0 saturated carbocycles. The van der Waals surface area contributed by atoms with E-state index in [0.717, 1.165) is 60.1 Å². The predicted molar refractivity (Wildman–Crippen MR) is 130 cm³/mol. The maximum atomic E-state index is 13.6. The molecule has 1 aromatic heterocycles. The van der Waals surface area contributed by atoms with E-state index >= 15 is 0 Å². The van der Waals surface area contributed by atoms with Crippen LogP contribution in [0.5, 0.6) is 0 Å². The normalized spacial score (nSPS) is 18.5. The summed E-state index contributed by atoms with van der Waals surface area (Å²) < 4.78 is 7.04.